The summed E-state index contributed by atoms with van der Waals surface area (Å²) in [5, 5.41) is 4.38. The number of carbonyl (C=O) groups is 1. The van der Waals surface area contributed by atoms with E-state index in [1.807, 2.05) is 70.7 Å². The predicted molar refractivity (Wildman–Crippen MR) is 99.3 cm³/mol. The van der Waals surface area contributed by atoms with E-state index >= 15 is 0 Å². The van der Waals surface area contributed by atoms with Crippen LogP contribution < -0.4 is 0 Å². The third kappa shape index (κ3) is 2.97. The van der Waals surface area contributed by atoms with Crippen molar-refractivity contribution >= 4 is 11.6 Å². The number of amides is 1. The summed E-state index contributed by atoms with van der Waals surface area (Å²) in [6.07, 6.45) is 5.51. The molecule has 130 valence electrons. The van der Waals surface area contributed by atoms with Crippen molar-refractivity contribution in [1.29, 1.82) is 0 Å². The van der Waals surface area contributed by atoms with Crippen molar-refractivity contribution in [2.75, 3.05) is 7.05 Å². The van der Waals surface area contributed by atoms with Gasteiger partial charge in [0.15, 0.2) is 0 Å². The van der Waals surface area contributed by atoms with Gasteiger partial charge in [0.1, 0.15) is 11.3 Å². The van der Waals surface area contributed by atoms with Gasteiger partial charge in [-0.15, -0.1) is 0 Å². The van der Waals surface area contributed by atoms with Crippen LogP contribution in [0, 0.1) is 6.92 Å². The Labute approximate surface area is 151 Å². The van der Waals surface area contributed by atoms with E-state index in [0.29, 0.717) is 12.2 Å². The van der Waals surface area contributed by atoms with Crippen molar-refractivity contribution in [2.45, 2.75) is 13.5 Å². The lowest BCUT2D eigenvalue weighted by molar-refractivity contribution is 0.0780. The van der Waals surface area contributed by atoms with Crippen LogP contribution in [0.3, 0.4) is 0 Å². The Balaban J connectivity index is 1.52. The van der Waals surface area contributed by atoms with Crippen LogP contribution in [0.1, 0.15) is 21.7 Å². The number of aromatic nitrogens is 4. The normalized spacial score (nSPS) is 11.0. The molecule has 0 atom stereocenters. The summed E-state index contributed by atoms with van der Waals surface area (Å²) in [7, 11) is 1.78. The summed E-state index contributed by atoms with van der Waals surface area (Å²) < 4.78 is 3.73. The maximum atomic E-state index is 12.7. The van der Waals surface area contributed by atoms with E-state index in [4.69, 9.17) is 0 Å². The highest BCUT2D eigenvalue weighted by molar-refractivity contribution is 5.92. The first kappa shape index (κ1) is 16.1. The molecule has 6 nitrogen and oxygen atoms in total. The van der Waals surface area contributed by atoms with Gasteiger partial charge in [0, 0.05) is 37.2 Å². The van der Waals surface area contributed by atoms with Crippen molar-refractivity contribution in [3.8, 4) is 5.69 Å². The second-order valence-corrected chi connectivity index (χ2v) is 6.31. The molecule has 4 aromatic rings. The molecule has 1 aromatic carbocycles. The molecule has 0 saturated heterocycles. The second-order valence-electron chi connectivity index (χ2n) is 6.31. The molecule has 3 heterocycles. The molecule has 0 aliphatic heterocycles. The molecule has 0 saturated carbocycles. The highest BCUT2D eigenvalue weighted by atomic mass is 16.2. The number of fused-ring (bicyclic) bond motifs is 1. The molecule has 0 aliphatic rings. The van der Waals surface area contributed by atoms with Crippen molar-refractivity contribution in [3.05, 3.63) is 84.1 Å². The first-order chi connectivity index (χ1) is 12.6. The van der Waals surface area contributed by atoms with E-state index in [0.717, 1.165) is 22.6 Å². The monoisotopic (exact) mass is 345 g/mol. The summed E-state index contributed by atoms with van der Waals surface area (Å²) in [6.45, 7) is 2.46. The van der Waals surface area contributed by atoms with Crippen LogP contribution >= 0.6 is 0 Å². The Morgan fingerprint density at radius 1 is 1.08 bits per heavy atom. The Hall–Kier alpha value is -3.41. The van der Waals surface area contributed by atoms with Gasteiger partial charge in [0.05, 0.1) is 11.9 Å². The SMILES string of the molecule is Cc1cccc2nc(C(=O)N(C)Cc3cnn(-c4ccccc4)c3)cn12. The molecule has 0 radical (unpaired) electrons. The second kappa shape index (κ2) is 6.48. The van der Waals surface area contributed by atoms with Gasteiger partial charge in [-0.3, -0.25) is 4.79 Å². The van der Waals surface area contributed by atoms with Crippen LogP contribution in [0.4, 0.5) is 0 Å². The van der Waals surface area contributed by atoms with Gasteiger partial charge in [-0.05, 0) is 31.2 Å². The topological polar surface area (TPSA) is 55.4 Å². The van der Waals surface area contributed by atoms with Crippen LogP contribution in [0.2, 0.25) is 0 Å². The summed E-state index contributed by atoms with van der Waals surface area (Å²) >= 11 is 0. The van der Waals surface area contributed by atoms with Crippen LogP contribution in [0.15, 0.2) is 67.1 Å². The first-order valence-electron chi connectivity index (χ1n) is 8.41. The van der Waals surface area contributed by atoms with E-state index in [1.165, 1.54) is 0 Å². The lowest BCUT2D eigenvalue weighted by Gasteiger charge is -2.14. The number of aryl methyl sites for hydroxylation is 1. The molecule has 0 unspecified atom stereocenters. The number of rotatable bonds is 4. The first-order valence-corrected chi connectivity index (χ1v) is 8.41. The predicted octanol–water partition coefficient (Wildman–Crippen LogP) is 3.10. The quantitative estimate of drug-likeness (QED) is 0.571. The number of nitrogens with zero attached hydrogens (tertiary/aromatic N) is 5. The Bertz CT molecular complexity index is 1060. The fourth-order valence-electron chi connectivity index (χ4n) is 2.96. The standard InChI is InChI=1S/C20H19N5O/c1-15-7-6-10-19-22-18(14-24(15)19)20(26)23(2)12-16-11-21-25(13-16)17-8-4-3-5-9-17/h3-11,13-14H,12H2,1-2H3. The minimum absolute atomic E-state index is 0.111. The van der Waals surface area contributed by atoms with Crippen molar-refractivity contribution in [3.63, 3.8) is 0 Å². The van der Waals surface area contributed by atoms with Gasteiger partial charge in [-0.25, -0.2) is 9.67 Å². The van der Waals surface area contributed by atoms with Gasteiger partial charge in [-0.1, -0.05) is 24.3 Å². The molecule has 3 aromatic heterocycles. The Morgan fingerprint density at radius 2 is 1.88 bits per heavy atom. The molecule has 0 N–H and O–H groups in total. The average molecular weight is 345 g/mol. The molecular weight excluding hydrogens is 326 g/mol. The molecule has 6 heteroatoms. The van der Waals surface area contributed by atoms with Crippen molar-refractivity contribution < 1.29 is 4.79 Å². The van der Waals surface area contributed by atoms with Crippen molar-refractivity contribution in [1.82, 2.24) is 24.1 Å². The average Bonchev–Trinajstić information content (AvgIpc) is 3.29. The van der Waals surface area contributed by atoms with Gasteiger partial charge >= 0.3 is 0 Å². The minimum Gasteiger partial charge on any atom is -0.336 e. The number of imidazole rings is 1. The smallest absolute Gasteiger partial charge is 0.274 e. The maximum Gasteiger partial charge on any atom is 0.274 e. The minimum atomic E-state index is -0.111. The van der Waals surface area contributed by atoms with Gasteiger partial charge in [0.2, 0.25) is 0 Å². The van der Waals surface area contributed by atoms with E-state index in [9.17, 15) is 4.79 Å². The van der Waals surface area contributed by atoms with Crippen LogP contribution in [-0.4, -0.2) is 37.0 Å². The van der Waals surface area contributed by atoms with Crippen molar-refractivity contribution in [2.24, 2.45) is 0 Å². The molecule has 4 rings (SSSR count). The number of benzene rings is 1. The zero-order valence-electron chi connectivity index (χ0n) is 14.7. The summed E-state index contributed by atoms with van der Waals surface area (Å²) in [5.74, 6) is -0.111. The highest BCUT2D eigenvalue weighted by Crippen LogP contribution is 2.13. The number of pyridine rings is 1. The third-order valence-electron chi connectivity index (χ3n) is 4.34. The number of para-hydroxylation sites is 1. The van der Waals surface area contributed by atoms with Crippen LogP contribution in [0.5, 0.6) is 0 Å². The Morgan fingerprint density at radius 3 is 2.65 bits per heavy atom. The molecule has 0 spiro atoms. The third-order valence-corrected chi connectivity index (χ3v) is 4.34. The Kier molecular flexibility index (Phi) is 4.01. The molecule has 26 heavy (non-hydrogen) atoms. The van der Waals surface area contributed by atoms with Crippen LogP contribution in [-0.2, 0) is 6.54 Å². The van der Waals surface area contributed by atoms with Crippen LogP contribution in [0.25, 0.3) is 11.3 Å². The van der Waals surface area contributed by atoms with E-state index in [1.54, 1.807) is 24.3 Å². The molecule has 1 amide bonds. The molecule has 0 fully saturated rings. The summed E-state index contributed by atoms with van der Waals surface area (Å²) in [6, 6.07) is 15.7. The van der Waals surface area contributed by atoms with E-state index in [2.05, 4.69) is 10.1 Å². The molecular formula is C20H19N5O. The van der Waals surface area contributed by atoms with Gasteiger partial charge in [0.25, 0.3) is 5.91 Å². The lowest BCUT2D eigenvalue weighted by atomic mass is 10.3. The summed E-state index contributed by atoms with van der Waals surface area (Å²) in [5.41, 5.74) is 4.21. The maximum absolute atomic E-state index is 12.7. The van der Waals surface area contributed by atoms with Gasteiger partial charge in [-0.2, -0.15) is 5.10 Å². The highest BCUT2D eigenvalue weighted by Gasteiger charge is 2.17. The largest absolute Gasteiger partial charge is 0.336 e. The summed E-state index contributed by atoms with van der Waals surface area (Å²) in [4.78, 5) is 18.8. The number of hydrogen-bond acceptors (Lipinski definition) is 3. The molecule has 0 aliphatic carbocycles. The molecule has 0 bridgehead atoms. The number of hydrogen-bond donors (Lipinski definition) is 0. The number of carbonyl (C=O) groups excluding carboxylic acids is 1. The van der Waals surface area contributed by atoms with Gasteiger partial charge < -0.3 is 9.30 Å². The fourth-order valence-corrected chi connectivity index (χ4v) is 2.96. The lowest BCUT2D eigenvalue weighted by Crippen LogP contribution is -2.26. The van der Waals surface area contributed by atoms with E-state index < -0.39 is 0 Å². The van der Waals surface area contributed by atoms with E-state index in [-0.39, 0.29) is 5.91 Å². The zero-order valence-corrected chi connectivity index (χ0v) is 14.7. The fraction of sp³-hybridized carbons (Fsp3) is 0.150. The zero-order chi connectivity index (χ0) is 18.1.